The Hall–Kier alpha value is -2.12. The van der Waals surface area contributed by atoms with Crippen LogP contribution < -0.4 is 5.19 Å². The second kappa shape index (κ2) is 6.65. The molecule has 2 unspecified atom stereocenters. The molecule has 0 aromatic heterocycles. The summed E-state index contributed by atoms with van der Waals surface area (Å²) < 4.78 is 0. The van der Waals surface area contributed by atoms with Crippen molar-refractivity contribution in [3.05, 3.63) is 102 Å². The van der Waals surface area contributed by atoms with Crippen molar-refractivity contribution in [2.24, 2.45) is 0 Å². The van der Waals surface area contributed by atoms with Gasteiger partial charge >= 0.3 is 0 Å². The quantitative estimate of drug-likeness (QED) is 0.537. The van der Waals surface area contributed by atoms with Crippen molar-refractivity contribution >= 4 is 13.3 Å². The van der Waals surface area contributed by atoms with Crippen LogP contribution in [0.25, 0.3) is 0 Å². The van der Waals surface area contributed by atoms with Crippen molar-refractivity contribution in [3.8, 4) is 0 Å². The molecule has 1 aliphatic rings. The van der Waals surface area contributed by atoms with Crippen LogP contribution in [0.3, 0.4) is 0 Å². The maximum absolute atomic E-state index is 2.56. The zero-order valence-corrected chi connectivity index (χ0v) is 16.2. The molecule has 3 aromatic carbocycles. The molecule has 25 heavy (non-hydrogen) atoms. The van der Waals surface area contributed by atoms with E-state index in [2.05, 4.69) is 98.0 Å². The van der Waals surface area contributed by atoms with Crippen LogP contribution in [0.1, 0.15) is 34.6 Å². The molecule has 0 saturated carbocycles. The molecule has 2 atom stereocenters. The Kier molecular flexibility index (Phi) is 4.35. The van der Waals surface area contributed by atoms with Crippen LogP contribution in [0.2, 0.25) is 13.1 Å². The van der Waals surface area contributed by atoms with E-state index in [1.165, 1.54) is 18.4 Å². The van der Waals surface area contributed by atoms with E-state index < -0.39 is 8.07 Å². The monoisotopic (exact) mass is 342 g/mol. The van der Waals surface area contributed by atoms with Crippen LogP contribution in [0.15, 0.2) is 84.9 Å². The van der Waals surface area contributed by atoms with Gasteiger partial charge in [0.1, 0.15) is 0 Å². The van der Waals surface area contributed by atoms with E-state index in [4.69, 9.17) is 0 Å². The van der Waals surface area contributed by atoms with Gasteiger partial charge in [-0.25, -0.2) is 0 Å². The van der Waals surface area contributed by atoms with Gasteiger partial charge < -0.3 is 0 Å². The van der Waals surface area contributed by atoms with Crippen LogP contribution >= 0.6 is 0 Å². The molecule has 0 radical (unpaired) electrons. The molecule has 0 saturated heterocycles. The maximum atomic E-state index is 2.56. The van der Waals surface area contributed by atoms with Gasteiger partial charge in [-0.15, -0.1) is 0 Å². The molecule has 0 heterocycles. The summed E-state index contributed by atoms with van der Waals surface area (Å²) in [7, 11) is -1.68. The van der Waals surface area contributed by atoms with Crippen molar-refractivity contribution in [2.75, 3.05) is 0 Å². The van der Waals surface area contributed by atoms with Gasteiger partial charge in [-0.05, 0) is 41.0 Å². The topological polar surface area (TPSA) is 0 Å². The van der Waals surface area contributed by atoms with E-state index >= 15 is 0 Å². The van der Waals surface area contributed by atoms with Gasteiger partial charge in [0.2, 0.25) is 0 Å². The lowest BCUT2D eigenvalue weighted by atomic mass is 9.93. The third kappa shape index (κ3) is 2.98. The molecule has 0 nitrogen and oxygen atoms in total. The number of benzene rings is 3. The van der Waals surface area contributed by atoms with Crippen LogP contribution in [0.5, 0.6) is 0 Å². The molecule has 0 aliphatic heterocycles. The van der Waals surface area contributed by atoms with Gasteiger partial charge in [0, 0.05) is 0 Å². The summed E-state index contributed by atoms with van der Waals surface area (Å²) in [6.45, 7) is 5.11. The number of rotatable bonds is 4. The van der Waals surface area contributed by atoms with E-state index in [-0.39, 0.29) is 0 Å². The largest absolute Gasteiger partial charge is 0.0885 e. The van der Waals surface area contributed by atoms with E-state index in [9.17, 15) is 0 Å². The molecule has 4 rings (SSSR count). The molecule has 3 aromatic rings. The average Bonchev–Trinajstić information content (AvgIpc) is 3.07. The minimum atomic E-state index is -1.68. The molecule has 0 fully saturated rings. The molecule has 0 N–H and O–H groups in total. The first-order valence-corrected chi connectivity index (χ1v) is 12.4. The number of hydrogen-bond acceptors (Lipinski definition) is 0. The summed E-state index contributed by atoms with van der Waals surface area (Å²) in [5, 5.41) is 1.56. The van der Waals surface area contributed by atoms with Crippen molar-refractivity contribution in [3.63, 3.8) is 0 Å². The Morgan fingerprint density at radius 2 is 1.36 bits per heavy atom. The predicted molar refractivity (Wildman–Crippen MR) is 110 cm³/mol. The highest BCUT2D eigenvalue weighted by molar-refractivity contribution is 6.91. The van der Waals surface area contributed by atoms with Gasteiger partial charge in [-0.2, -0.15) is 0 Å². The highest BCUT2D eigenvalue weighted by atomic mass is 28.3. The van der Waals surface area contributed by atoms with E-state index in [1.54, 1.807) is 16.3 Å². The van der Waals surface area contributed by atoms with Gasteiger partial charge in [0.05, 0.1) is 8.07 Å². The predicted octanol–water partition coefficient (Wildman–Crippen LogP) is 5.66. The SMILES string of the molecule is C[Si](C)(c1ccccc1)C(c1ccccc1)C1CCc2ccccc21. The first-order chi connectivity index (χ1) is 12.2. The Morgan fingerprint density at radius 3 is 2.08 bits per heavy atom. The van der Waals surface area contributed by atoms with Gasteiger partial charge in [-0.3, -0.25) is 0 Å². The summed E-state index contributed by atoms with van der Waals surface area (Å²) in [6.07, 6.45) is 2.51. The third-order valence-corrected chi connectivity index (χ3v) is 10.1. The van der Waals surface area contributed by atoms with E-state index in [0.29, 0.717) is 11.5 Å². The first kappa shape index (κ1) is 16.4. The fourth-order valence-electron chi connectivity index (χ4n) is 4.80. The summed E-state index contributed by atoms with van der Waals surface area (Å²) in [5.74, 6) is 0.639. The van der Waals surface area contributed by atoms with Crippen molar-refractivity contribution in [1.82, 2.24) is 0 Å². The molecule has 0 spiro atoms. The third-order valence-electron chi connectivity index (χ3n) is 6.04. The van der Waals surface area contributed by atoms with Gasteiger partial charge in [-0.1, -0.05) is 103 Å². The fraction of sp³-hybridized carbons (Fsp3) is 0.250. The molecule has 0 bridgehead atoms. The summed E-state index contributed by atoms with van der Waals surface area (Å²) in [5.41, 5.74) is 5.28. The Bertz CT molecular complexity index is 836. The van der Waals surface area contributed by atoms with Crippen molar-refractivity contribution in [2.45, 2.75) is 37.4 Å². The summed E-state index contributed by atoms with van der Waals surface area (Å²) >= 11 is 0. The van der Waals surface area contributed by atoms with E-state index in [0.717, 1.165) is 0 Å². The summed E-state index contributed by atoms with van der Waals surface area (Å²) in [4.78, 5) is 0. The zero-order valence-electron chi connectivity index (χ0n) is 15.2. The standard InChI is InChI=1S/C24H26Si/c1-25(2,21-14-7-4-8-15-21)24(20-12-5-3-6-13-20)23-18-17-19-11-9-10-16-22(19)23/h3-16,23-24H,17-18H2,1-2H3. The lowest BCUT2D eigenvalue weighted by molar-refractivity contribution is 0.638. The first-order valence-electron chi connectivity index (χ1n) is 9.36. The van der Waals surface area contributed by atoms with Crippen LogP contribution in [0.4, 0.5) is 0 Å². The highest BCUT2D eigenvalue weighted by Crippen LogP contribution is 2.46. The molecule has 0 amide bonds. The van der Waals surface area contributed by atoms with Gasteiger partial charge in [0.25, 0.3) is 0 Å². The Balaban J connectivity index is 1.84. The van der Waals surface area contributed by atoms with E-state index in [1.807, 2.05) is 0 Å². The number of hydrogen-bond donors (Lipinski definition) is 0. The lowest BCUT2D eigenvalue weighted by Crippen LogP contribution is -2.49. The minimum absolute atomic E-state index is 0.611. The number of aryl methyl sites for hydroxylation is 1. The normalized spacial score (nSPS) is 17.9. The second-order valence-corrected chi connectivity index (χ2v) is 12.5. The zero-order chi connectivity index (χ0) is 17.3. The molecule has 126 valence electrons. The van der Waals surface area contributed by atoms with Crippen LogP contribution in [-0.2, 0) is 6.42 Å². The maximum Gasteiger partial charge on any atom is 0.0885 e. The molecular formula is C24H26Si. The van der Waals surface area contributed by atoms with Crippen LogP contribution in [-0.4, -0.2) is 8.07 Å². The molecule has 1 aliphatic carbocycles. The molecular weight excluding hydrogens is 316 g/mol. The smallest absolute Gasteiger partial charge is 0.0650 e. The summed E-state index contributed by atoms with van der Waals surface area (Å²) in [6, 6.07) is 31.6. The average molecular weight is 343 g/mol. The van der Waals surface area contributed by atoms with Crippen molar-refractivity contribution in [1.29, 1.82) is 0 Å². The van der Waals surface area contributed by atoms with Crippen molar-refractivity contribution < 1.29 is 0 Å². The Labute approximate surface area is 152 Å². The second-order valence-electron chi connectivity index (χ2n) is 7.82. The van der Waals surface area contributed by atoms with Crippen LogP contribution in [0, 0.1) is 0 Å². The molecule has 1 heteroatoms. The fourth-order valence-corrected chi connectivity index (χ4v) is 8.58. The highest BCUT2D eigenvalue weighted by Gasteiger charge is 2.42. The Morgan fingerprint density at radius 1 is 0.760 bits per heavy atom. The minimum Gasteiger partial charge on any atom is -0.0650 e. The number of fused-ring (bicyclic) bond motifs is 1. The van der Waals surface area contributed by atoms with Gasteiger partial charge in [0.15, 0.2) is 0 Å². The lowest BCUT2D eigenvalue weighted by Gasteiger charge is -2.38.